The molecule has 0 amide bonds. The topological polar surface area (TPSA) is 29.8 Å². The molecular formula is C19H27FNO+. The van der Waals surface area contributed by atoms with E-state index in [9.17, 15) is 4.39 Å². The molecule has 0 unspecified atom stereocenters. The van der Waals surface area contributed by atoms with Gasteiger partial charge in [0.25, 0.3) is 0 Å². The first-order chi connectivity index (χ1) is 10.6. The van der Waals surface area contributed by atoms with Gasteiger partial charge in [0.15, 0.2) is 0 Å². The lowest BCUT2D eigenvalue weighted by atomic mass is 9.93. The summed E-state index contributed by atoms with van der Waals surface area (Å²) in [5.41, 5.74) is 1.16. The summed E-state index contributed by atoms with van der Waals surface area (Å²) in [6.07, 6.45) is 5.28. The first-order valence-corrected chi connectivity index (χ1v) is 8.24. The molecule has 2 rings (SSSR count). The van der Waals surface area contributed by atoms with Gasteiger partial charge >= 0.3 is 0 Å². The molecule has 0 radical (unpaired) electrons. The molecule has 0 saturated heterocycles. The van der Waals surface area contributed by atoms with Crippen molar-refractivity contribution in [3.63, 3.8) is 0 Å². The van der Waals surface area contributed by atoms with Crippen molar-refractivity contribution >= 4 is 0 Å². The van der Waals surface area contributed by atoms with Crippen LogP contribution in [-0.4, -0.2) is 6.54 Å². The Bertz CT molecular complexity index is 519. The predicted molar refractivity (Wildman–Crippen MR) is 87.0 cm³/mol. The number of rotatable bonds is 9. The van der Waals surface area contributed by atoms with Crippen LogP contribution in [0.15, 0.2) is 47.1 Å². The van der Waals surface area contributed by atoms with Crippen LogP contribution in [0.5, 0.6) is 0 Å². The highest BCUT2D eigenvalue weighted by atomic mass is 19.1. The molecule has 1 atom stereocenters. The van der Waals surface area contributed by atoms with Gasteiger partial charge < -0.3 is 9.73 Å². The van der Waals surface area contributed by atoms with Crippen molar-refractivity contribution in [3.05, 3.63) is 59.8 Å². The minimum atomic E-state index is -0.171. The molecule has 0 saturated carbocycles. The van der Waals surface area contributed by atoms with Crippen LogP contribution in [0.4, 0.5) is 4.39 Å². The Kier molecular flexibility index (Phi) is 6.66. The Hall–Kier alpha value is -1.61. The third-order valence-electron chi connectivity index (χ3n) is 4.05. The standard InChI is InChI=1S/C19H26FNO/c1-15(2)5-8-17(19-4-3-13-22-19)11-12-21-14-16-6-9-18(20)10-7-16/h3-4,6-7,9-10,13,15,17,21H,5,8,11-12,14H2,1-2H3/p+1/t17-/m0/s1. The van der Waals surface area contributed by atoms with Gasteiger partial charge in [0.05, 0.1) is 12.8 Å². The van der Waals surface area contributed by atoms with E-state index in [-0.39, 0.29) is 5.82 Å². The second-order valence-corrected chi connectivity index (χ2v) is 6.38. The summed E-state index contributed by atoms with van der Waals surface area (Å²) >= 11 is 0. The molecule has 3 heteroatoms. The molecular weight excluding hydrogens is 277 g/mol. The molecule has 0 spiro atoms. The third-order valence-corrected chi connectivity index (χ3v) is 4.05. The lowest BCUT2D eigenvalue weighted by Gasteiger charge is -2.15. The molecule has 0 aliphatic carbocycles. The summed E-state index contributed by atoms with van der Waals surface area (Å²) in [6.45, 7) is 6.48. The van der Waals surface area contributed by atoms with Crippen molar-refractivity contribution < 1.29 is 14.1 Å². The fourth-order valence-corrected chi connectivity index (χ4v) is 2.70. The smallest absolute Gasteiger partial charge is 0.123 e. The maximum Gasteiger partial charge on any atom is 0.123 e. The number of halogens is 1. The lowest BCUT2D eigenvalue weighted by molar-refractivity contribution is -0.671. The first-order valence-electron chi connectivity index (χ1n) is 8.24. The van der Waals surface area contributed by atoms with Crippen LogP contribution in [0.25, 0.3) is 0 Å². The summed E-state index contributed by atoms with van der Waals surface area (Å²) < 4.78 is 18.5. The molecule has 22 heavy (non-hydrogen) atoms. The SMILES string of the molecule is CC(C)CC[C@@H](CC[NH2+]Cc1ccc(F)cc1)c1ccco1. The van der Waals surface area contributed by atoms with Crippen LogP contribution in [0.1, 0.15) is 50.4 Å². The van der Waals surface area contributed by atoms with Gasteiger partial charge in [-0.3, -0.25) is 0 Å². The Morgan fingerprint density at radius 1 is 1.05 bits per heavy atom. The normalized spacial score (nSPS) is 12.7. The van der Waals surface area contributed by atoms with E-state index in [0.29, 0.717) is 5.92 Å². The highest BCUT2D eigenvalue weighted by molar-refractivity contribution is 5.14. The van der Waals surface area contributed by atoms with Crippen LogP contribution in [0, 0.1) is 11.7 Å². The number of nitrogens with two attached hydrogens (primary N) is 1. The number of hydrogen-bond acceptors (Lipinski definition) is 1. The second kappa shape index (κ2) is 8.74. The molecule has 120 valence electrons. The highest BCUT2D eigenvalue weighted by Gasteiger charge is 2.15. The van der Waals surface area contributed by atoms with E-state index in [1.165, 1.54) is 25.0 Å². The van der Waals surface area contributed by atoms with E-state index >= 15 is 0 Å². The summed E-state index contributed by atoms with van der Waals surface area (Å²) in [6, 6.07) is 10.8. The maximum absolute atomic E-state index is 12.9. The number of quaternary nitrogens is 1. The third kappa shape index (κ3) is 5.64. The van der Waals surface area contributed by atoms with Gasteiger partial charge in [-0.2, -0.15) is 0 Å². The molecule has 0 fully saturated rings. The Morgan fingerprint density at radius 3 is 2.45 bits per heavy atom. The van der Waals surface area contributed by atoms with E-state index in [1.807, 2.05) is 18.2 Å². The minimum Gasteiger partial charge on any atom is -0.469 e. The first kappa shape index (κ1) is 16.8. The van der Waals surface area contributed by atoms with Crippen LogP contribution < -0.4 is 5.32 Å². The molecule has 0 aliphatic heterocycles. The van der Waals surface area contributed by atoms with Gasteiger partial charge in [-0.15, -0.1) is 0 Å². The Balaban J connectivity index is 1.77. The molecule has 2 aromatic rings. The highest BCUT2D eigenvalue weighted by Crippen LogP contribution is 2.26. The number of hydrogen-bond donors (Lipinski definition) is 1. The average Bonchev–Trinajstić information content (AvgIpc) is 3.02. The summed E-state index contributed by atoms with van der Waals surface area (Å²) in [5, 5.41) is 2.29. The van der Waals surface area contributed by atoms with Crippen LogP contribution in [-0.2, 0) is 6.54 Å². The van der Waals surface area contributed by atoms with Gasteiger partial charge in [-0.25, -0.2) is 4.39 Å². The zero-order valence-electron chi connectivity index (χ0n) is 13.6. The molecule has 2 nitrogen and oxygen atoms in total. The van der Waals surface area contributed by atoms with E-state index in [4.69, 9.17) is 4.42 Å². The fraction of sp³-hybridized carbons (Fsp3) is 0.474. The minimum absolute atomic E-state index is 0.171. The van der Waals surface area contributed by atoms with Crippen LogP contribution in [0.3, 0.4) is 0 Å². The molecule has 0 bridgehead atoms. The Labute approximate surface area is 132 Å². The van der Waals surface area contributed by atoms with Crippen molar-refractivity contribution in [1.82, 2.24) is 0 Å². The van der Waals surface area contributed by atoms with Gasteiger partial charge in [0.1, 0.15) is 18.1 Å². The van der Waals surface area contributed by atoms with E-state index in [0.717, 1.165) is 36.8 Å². The van der Waals surface area contributed by atoms with Crippen molar-refractivity contribution in [1.29, 1.82) is 0 Å². The van der Waals surface area contributed by atoms with Crippen molar-refractivity contribution in [2.45, 2.75) is 45.6 Å². The number of benzene rings is 1. The monoisotopic (exact) mass is 304 g/mol. The van der Waals surface area contributed by atoms with Crippen LogP contribution >= 0.6 is 0 Å². The zero-order valence-corrected chi connectivity index (χ0v) is 13.6. The van der Waals surface area contributed by atoms with E-state index in [1.54, 1.807) is 6.26 Å². The second-order valence-electron chi connectivity index (χ2n) is 6.38. The van der Waals surface area contributed by atoms with Crippen molar-refractivity contribution in [2.24, 2.45) is 5.92 Å². The van der Waals surface area contributed by atoms with Crippen molar-refractivity contribution in [3.8, 4) is 0 Å². The predicted octanol–water partition coefficient (Wildman–Crippen LogP) is 4.09. The van der Waals surface area contributed by atoms with E-state index < -0.39 is 0 Å². The summed E-state index contributed by atoms with van der Waals surface area (Å²) in [4.78, 5) is 0. The summed E-state index contributed by atoms with van der Waals surface area (Å²) in [7, 11) is 0. The molecule has 1 aromatic heterocycles. The van der Waals surface area contributed by atoms with E-state index in [2.05, 4.69) is 25.2 Å². The van der Waals surface area contributed by atoms with Crippen molar-refractivity contribution in [2.75, 3.05) is 6.54 Å². The lowest BCUT2D eigenvalue weighted by Crippen LogP contribution is -2.82. The van der Waals surface area contributed by atoms with Gasteiger partial charge in [-0.05, 0) is 36.6 Å². The molecule has 0 aliphatic rings. The fourth-order valence-electron chi connectivity index (χ4n) is 2.70. The van der Waals surface area contributed by atoms with Gasteiger partial charge in [0.2, 0.25) is 0 Å². The number of furan rings is 1. The van der Waals surface area contributed by atoms with Crippen LogP contribution in [0.2, 0.25) is 0 Å². The maximum atomic E-state index is 12.9. The Morgan fingerprint density at radius 2 is 1.82 bits per heavy atom. The molecule has 1 heterocycles. The average molecular weight is 304 g/mol. The van der Waals surface area contributed by atoms with Gasteiger partial charge in [-0.1, -0.05) is 32.4 Å². The molecule has 1 aromatic carbocycles. The largest absolute Gasteiger partial charge is 0.469 e. The quantitative estimate of drug-likeness (QED) is 0.695. The molecule has 2 N–H and O–H groups in total. The summed E-state index contributed by atoms with van der Waals surface area (Å²) in [5.74, 6) is 2.16. The van der Waals surface area contributed by atoms with Gasteiger partial charge in [0, 0.05) is 17.9 Å². The zero-order chi connectivity index (χ0) is 15.8.